The van der Waals surface area contributed by atoms with Crippen LogP contribution in [0.4, 0.5) is 4.79 Å². The summed E-state index contributed by atoms with van der Waals surface area (Å²) in [7, 11) is 1.97. The van der Waals surface area contributed by atoms with Gasteiger partial charge in [-0.3, -0.25) is 9.59 Å². The van der Waals surface area contributed by atoms with Crippen molar-refractivity contribution in [2.45, 2.75) is 25.3 Å². The van der Waals surface area contributed by atoms with Crippen LogP contribution in [-0.4, -0.2) is 54.5 Å². The molecule has 0 unspecified atom stereocenters. The summed E-state index contributed by atoms with van der Waals surface area (Å²) < 4.78 is 0. The lowest BCUT2D eigenvalue weighted by Gasteiger charge is -2.33. The summed E-state index contributed by atoms with van der Waals surface area (Å²) in [5.41, 5.74) is 0. The number of rotatable bonds is 4. The Morgan fingerprint density at radius 1 is 1.50 bits per heavy atom. The second-order valence-corrected chi connectivity index (χ2v) is 5.95. The van der Waals surface area contributed by atoms with Gasteiger partial charge in [0.25, 0.3) is 5.24 Å². The van der Waals surface area contributed by atoms with Gasteiger partial charge in [0.2, 0.25) is 5.91 Å². The Balaban J connectivity index is 1.75. The van der Waals surface area contributed by atoms with Crippen molar-refractivity contribution in [3.8, 4) is 0 Å². The number of nitrogens with one attached hydrogen (secondary N) is 2. The Kier molecular flexibility index (Phi) is 4.88. The average Bonchev–Trinajstić information content (AvgIpc) is 2.83. The molecule has 0 bridgehead atoms. The monoisotopic (exact) mass is 271 g/mol. The minimum absolute atomic E-state index is 0.0720. The summed E-state index contributed by atoms with van der Waals surface area (Å²) in [6.07, 6.45) is 3.36. The Bertz CT molecular complexity index is 316. The molecule has 0 spiro atoms. The summed E-state index contributed by atoms with van der Waals surface area (Å²) in [5.74, 6) is 1.41. The highest BCUT2D eigenvalue weighted by Crippen LogP contribution is 2.22. The number of carbonyl (C=O) groups is 2. The van der Waals surface area contributed by atoms with Gasteiger partial charge in [0, 0.05) is 18.8 Å². The minimum atomic E-state index is -0.295. The first-order chi connectivity index (χ1) is 8.70. The fourth-order valence-electron chi connectivity index (χ4n) is 2.53. The van der Waals surface area contributed by atoms with E-state index in [0.717, 1.165) is 38.4 Å². The van der Waals surface area contributed by atoms with Crippen LogP contribution >= 0.6 is 11.8 Å². The van der Waals surface area contributed by atoms with Gasteiger partial charge in [0.15, 0.2) is 0 Å². The number of hydrogen-bond donors (Lipinski definition) is 2. The van der Waals surface area contributed by atoms with Gasteiger partial charge in [0.1, 0.15) is 6.04 Å². The van der Waals surface area contributed by atoms with Crippen LogP contribution in [0.15, 0.2) is 0 Å². The predicted octanol–water partition coefficient (Wildman–Crippen LogP) is 0.659. The molecule has 5 nitrogen and oxygen atoms in total. The maximum Gasteiger partial charge on any atom is 0.279 e. The normalized spacial score (nSPS) is 25.3. The quantitative estimate of drug-likeness (QED) is 0.788. The highest BCUT2D eigenvalue weighted by molar-refractivity contribution is 8.14. The summed E-state index contributed by atoms with van der Waals surface area (Å²) in [6, 6.07) is -0.295. The van der Waals surface area contributed by atoms with Crippen LogP contribution in [0.3, 0.4) is 0 Å². The van der Waals surface area contributed by atoms with Crippen LogP contribution in [0.5, 0.6) is 0 Å². The van der Waals surface area contributed by atoms with Crippen molar-refractivity contribution in [1.82, 2.24) is 15.5 Å². The maximum atomic E-state index is 12.2. The number of nitrogens with zero attached hydrogens (tertiary/aromatic N) is 1. The number of likely N-dealkylation sites (tertiary alicyclic amines) is 1. The van der Waals surface area contributed by atoms with Gasteiger partial charge in [-0.25, -0.2) is 0 Å². The van der Waals surface area contributed by atoms with E-state index in [2.05, 4.69) is 10.6 Å². The Labute approximate surface area is 112 Å². The fraction of sp³-hybridized carbons (Fsp3) is 0.833. The van der Waals surface area contributed by atoms with Crippen molar-refractivity contribution in [1.29, 1.82) is 0 Å². The van der Waals surface area contributed by atoms with Gasteiger partial charge in [-0.05, 0) is 38.8 Å². The van der Waals surface area contributed by atoms with E-state index in [1.807, 2.05) is 11.9 Å². The molecule has 2 aliphatic rings. The van der Waals surface area contributed by atoms with E-state index in [0.29, 0.717) is 5.75 Å². The zero-order valence-electron chi connectivity index (χ0n) is 10.8. The molecular weight excluding hydrogens is 250 g/mol. The highest BCUT2D eigenvalue weighted by atomic mass is 32.2. The van der Waals surface area contributed by atoms with Gasteiger partial charge < -0.3 is 15.5 Å². The molecule has 2 rings (SSSR count). The second-order valence-electron chi connectivity index (χ2n) is 4.96. The summed E-state index contributed by atoms with van der Waals surface area (Å²) in [5, 5.41) is 5.82. The van der Waals surface area contributed by atoms with Crippen molar-refractivity contribution in [3.05, 3.63) is 0 Å². The zero-order chi connectivity index (χ0) is 13.0. The van der Waals surface area contributed by atoms with Gasteiger partial charge in [-0.15, -0.1) is 0 Å². The molecule has 18 heavy (non-hydrogen) atoms. The van der Waals surface area contributed by atoms with Crippen LogP contribution < -0.4 is 10.6 Å². The number of thioether (sulfide) groups is 1. The van der Waals surface area contributed by atoms with Crippen LogP contribution in [-0.2, 0) is 4.79 Å². The van der Waals surface area contributed by atoms with Gasteiger partial charge in [-0.1, -0.05) is 11.8 Å². The fourth-order valence-corrected chi connectivity index (χ4v) is 3.30. The molecule has 0 saturated carbocycles. The van der Waals surface area contributed by atoms with Crippen molar-refractivity contribution in [2.24, 2.45) is 5.92 Å². The van der Waals surface area contributed by atoms with Crippen molar-refractivity contribution >= 4 is 22.9 Å². The molecule has 6 heteroatoms. The highest BCUT2D eigenvalue weighted by Gasteiger charge is 2.32. The second kappa shape index (κ2) is 6.43. The van der Waals surface area contributed by atoms with E-state index in [9.17, 15) is 9.59 Å². The third-order valence-electron chi connectivity index (χ3n) is 3.70. The topological polar surface area (TPSA) is 61.4 Å². The molecule has 2 amide bonds. The molecule has 0 aromatic heterocycles. The van der Waals surface area contributed by atoms with E-state index in [4.69, 9.17) is 0 Å². The largest absolute Gasteiger partial charge is 0.341 e. The molecule has 0 aromatic carbocycles. The van der Waals surface area contributed by atoms with Crippen LogP contribution in [0, 0.1) is 5.92 Å². The van der Waals surface area contributed by atoms with Gasteiger partial charge >= 0.3 is 0 Å². The van der Waals surface area contributed by atoms with Crippen LogP contribution in [0.1, 0.15) is 19.3 Å². The van der Waals surface area contributed by atoms with Crippen molar-refractivity contribution < 1.29 is 9.59 Å². The lowest BCUT2D eigenvalue weighted by Crippen LogP contribution is -2.48. The zero-order valence-corrected chi connectivity index (χ0v) is 11.6. The van der Waals surface area contributed by atoms with E-state index in [1.165, 1.54) is 18.2 Å². The maximum absolute atomic E-state index is 12.2. The summed E-state index contributed by atoms with van der Waals surface area (Å²) >= 11 is 1.20. The molecule has 102 valence electrons. The molecule has 0 aromatic rings. The Morgan fingerprint density at radius 3 is 2.78 bits per heavy atom. The minimum Gasteiger partial charge on any atom is -0.341 e. The number of amides is 2. The third-order valence-corrected chi connectivity index (χ3v) is 4.58. The molecule has 2 aliphatic heterocycles. The lowest BCUT2D eigenvalue weighted by molar-refractivity contribution is -0.133. The van der Waals surface area contributed by atoms with Gasteiger partial charge in [0.05, 0.1) is 0 Å². The number of carbonyl (C=O) groups excluding carboxylic acids is 2. The van der Waals surface area contributed by atoms with E-state index >= 15 is 0 Å². The predicted molar refractivity (Wildman–Crippen MR) is 72.6 cm³/mol. The first-order valence-electron chi connectivity index (χ1n) is 6.57. The Morgan fingerprint density at radius 2 is 2.22 bits per heavy atom. The SMILES string of the molecule is CNCCC1CCN(C(=O)[C@@H]2CSC(=O)N2)CC1. The molecule has 1 atom stereocenters. The first kappa shape index (κ1) is 13.7. The lowest BCUT2D eigenvalue weighted by atomic mass is 9.93. The molecule has 2 N–H and O–H groups in total. The van der Waals surface area contributed by atoms with E-state index in [1.54, 1.807) is 0 Å². The molecule has 2 fully saturated rings. The van der Waals surface area contributed by atoms with E-state index < -0.39 is 0 Å². The molecule has 2 saturated heterocycles. The standard InChI is InChI=1S/C12H21N3O2S/c1-13-5-2-9-3-6-15(7-4-9)11(16)10-8-18-12(17)14-10/h9-10,13H,2-8H2,1H3,(H,14,17)/t10-/m0/s1. The molecular formula is C12H21N3O2S. The number of piperidine rings is 1. The van der Waals surface area contributed by atoms with Crippen molar-refractivity contribution in [2.75, 3.05) is 32.4 Å². The van der Waals surface area contributed by atoms with E-state index in [-0.39, 0.29) is 17.2 Å². The molecule has 0 radical (unpaired) electrons. The van der Waals surface area contributed by atoms with Crippen molar-refractivity contribution in [3.63, 3.8) is 0 Å². The van der Waals surface area contributed by atoms with Crippen LogP contribution in [0.25, 0.3) is 0 Å². The average molecular weight is 271 g/mol. The first-order valence-corrected chi connectivity index (χ1v) is 7.56. The van der Waals surface area contributed by atoms with Gasteiger partial charge in [-0.2, -0.15) is 0 Å². The number of hydrogen-bond acceptors (Lipinski definition) is 4. The molecule has 2 heterocycles. The van der Waals surface area contributed by atoms with Crippen LogP contribution in [0.2, 0.25) is 0 Å². The smallest absolute Gasteiger partial charge is 0.279 e. The third kappa shape index (κ3) is 3.38. The Hall–Kier alpha value is -0.750. The molecule has 0 aliphatic carbocycles. The summed E-state index contributed by atoms with van der Waals surface area (Å²) in [4.78, 5) is 25.1. The summed E-state index contributed by atoms with van der Waals surface area (Å²) in [6.45, 7) is 2.72.